The predicted octanol–water partition coefficient (Wildman–Crippen LogP) is 3.34. The third-order valence-corrected chi connectivity index (χ3v) is 3.44. The van der Waals surface area contributed by atoms with Crippen LogP contribution in [0.25, 0.3) is 0 Å². The minimum Gasteiger partial charge on any atom is -0.300 e. The molecule has 1 saturated heterocycles. The van der Waals surface area contributed by atoms with Gasteiger partial charge in [0.1, 0.15) is 0 Å². The molecule has 1 unspecified atom stereocenters. The van der Waals surface area contributed by atoms with Crippen LogP contribution in [0.2, 0.25) is 0 Å². The minimum atomic E-state index is -3.67. The quantitative estimate of drug-likeness (QED) is 0.763. The van der Waals surface area contributed by atoms with E-state index in [1.807, 2.05) is 0 Å². The van der Waals surface area contributed by atoms with Crippen molar-refractivity contribution < 1.29 is 13.0 Å². The summed E-state index contributed by atoms with van der Waals surface area (Å²) in [5, 5.41) is 0. The normalized spacial score (nSPS) is 20.7. The summed E-state index contributed by atoms with van der Waals surface area (Å²) in [6, 6.07) is 0.926. The van der Waals surface area contributed by atoms with E-state index in [-0.39, 0.29) is 0 Å². The van der Waals surface area contributed by atoms with Crippen LogP contribution >= 0.6 is 0 Å². The molecular weight excluding hydrogens is 262 g/mol. The van der Waals surface area contributed by atoms with E-state index in [4.69, 9.17) is 4.55 Å². The molecule has 1 atom stereocenters. The predicted molar refractivity (Wildman–Crippen MR) is 81.1 cm³/mol. The number of likely N-dealkylation sites (tertiary alicyclic amines) is 1. The maximum Gasteiger partial charge on any atom is 0.261 e. The molecule has 0 amide bonds. The highest BCUT2D eigenvalue weighted by Gasteiger charge is 2.20. The highest BCUT2D eigenvalue weighted by Crippen LogP contribution is 2.21. The Kier molecular flexibility index (Phi) is 10.6. The molecule has 0 aromatic carbocycles. The lowest BCUT2D eigenvalue weighted by atomic mass is 9.97. The summed E-state index contributed by atoms with van der Waals surface area (Å²) in [7, 11) is -3.67. The molecule has 1 fully saturated rings. The molecule has 0 aromatic heterocycles. The summed E-state index contributed by atoms with van der Waals surface area (Å²) >= 11 is 0. The van der Waals surface area contributed by atoms with Crippen molar-refractivity contribution in [2.75, 3.05) is 19.3 Å². The number of rotatable bonds is 6. The van der Waals surface area contributed by atoms with E-state index in [2.05, 4.69) is 18.7 Å². The van der Waals surface area contributed by atoms with E-state index >= 15 is 0 Å². The van der Waals surface area contributed by atoms with Gasteiger partial charge in [0.25, 0.3) is 10.1 Å². The highest BCUT2D eigenvalue weighted by atomic mass is 32.2. The Balaban J connectivity index is 0.000000555. The Morgan fingerprint density at radius 1 is 1.16 bits per heavy atom. The van der Waals surface area contributed by atoms with Crippen LogP contribution in [0.1, 0.15) is 65.2 Å². The Bertz CT molecular complexity index is 280. The molecule has 0 aliphatic carbocycles. The second-order valence-electron chi connectivity index (χ2n) is 5.41. The zero-order chi connectivity index (χ0) is 14.7. The van der Waals surface area contributed by atoms with Gasteiger partial charge in [0.05, 0.1) is 6.26 Å². The second kappa shape index (κ2) is 10.6. The summed E-state index contributed by atoms with van der Waals surface area (Å²) in [6.07, 6.45) is 12.0. The SMILES string of the molecule is CCCCC1CCCCN1CCCC.CS(=O)(=O)O. The average Bonchev–Trinajstić information content (AvgIpc) is 2.32. The van der Waals surface area contributed by atoms with Gasteiger partial charge in [-0.2, -0.15) is 8.42 Å². The zero-order valence-corrected chi connectivity index (χ0v) is 13.6. The van der Waals surface area contributed by atoms with Gasteiger partial charge in [-0.25, -0.2) is 0 Å². The first-order valence-electron chi connectivity index (χ1n) is 7.55. The van der Waals surface area contributed by atoms with Crippen molar-refractivity contribution in [3.63, 3.8) is 0 Å². The molecule has 0 radical (unpaired) electrons. The second-order valence-corrected chi connectivity index (χ2v) is 6.88. The Labute approximate surface area is 119 Å². The molecule has 1 aliphatic heterocycles. The molecule has 0 saturated carbocycles. The standard InChI is InChI=1S/C13H27N.CH4O3S/c1-3-5-9-13-10-7-8-12-14(13)11-6-4-2;1-5(2,3)4/h13H,3-12H2,1-2H3;1H3,(H,2,3,4). The van der Waals surface area contributed by atoms with Gasteiger partial charge in [-0.05, 0) is 38.8 Å². The summed E-state index contributed by atoms with van der Waals surface area (Å²) in [5.41, 5.74) is 0. The van der Waals surface area contributed by atoms with Gasteiger partial charge in [0.2, 0.25) is 0 Å². The van der Waals surface area contributed by atoms with Crippen LogP contribution < -0.4 is 0 Å². The summed E-state index contributed by atoms with van der Waals surface area (Å²) in [4.78, 5) is 2.75. The lowest BCUT2D eigenvalue weighted by molar-refractivity contribution is 0.136. The van der Waals surface area contributed by atoms with Crippen molar-refractivity contribution in [3.05, 3.63) is 0 Å². The third kappa shape index (κ3) is 12.6. The van der Waals surface area contributed by atoms with Crippen molar-refractivity contribution in [2.24, 2.45) is 0 Å². The number of piperidine rings is 1. The topological polar surface area (TPSA) is 57.6 Å². The molecule has 19 heavy (non-hydrogen) atoms. The van der Waals surface area contributed by atoms with Crippen molar-refractivity contribution in [1.82, 2.24) is 4.90 Å². The summed E-state index contributed by atoms with van der Waals surface area (Å²) in [6.45, 7) is 7.32. The van der Waals surface area contributed by atoms with Gasteiger partial charge in [0, 0.05) is 6.04 Å². The average molecular weight is 293 g/mol. The maximum atomic E-state index is 9.19. The third-order valence-electron chi connectivity index (χ3n) is 3.44. The van der Waals surface area contributed by atoms with Crippen LogP contribution in [0.15, 0.2) is 0 Å². The number of hydrogen-bond acceptors (Lipinski definition) is 3. The van der Waals surface area contributed by atoms with Gasteiger partial charge in [-0.3, -0.25) is 4.55 Å². The molecule has 0 bridgehead atoms. The Hall–Kier alpha value is -0.130. The molecule has 4 nitrogen and oxygen atoms in total. The van der Waals surface area contributed by atoms with Crippen LogP contribution in [-0.2, 0) is 10.1 Å². The highest BCUT2D eigenvalue weighted by molar-refractivity contribution is 7.85. The largest absolute Gasteiger partial charge is 0.300 e. The van der Waals surface area contributed by atoms with E-state index in [1.165, 1.54) is 64.5 Å². The van der Waals surface area contributed by atoms with Crippen LogP contribution in [0, 0.1) is 0 Å². The van der Waals surface area contributed by atoms with Gasteiger partial charge < -0.3 is 4.90 Å². The van der Waals surface area contributed by atoms with E-state index in [1.54, 1.807) is 0 Å². The molecule has 1 N–H and O–H groups in total. The van der Waals surface area contributed by atoms with Crippen molar-refractivity contribution in [1.29, 1.82) is 0 Å². The molecule has 5 heteroatoms. The summed E-state index contributed by atoms with van der Waals surface area (Å²) < 4.78 is 25.9. The fraction of sp³-hybridized carbons (Fsp3) is 1.00. The smallest absolute Gasteiger partial charge is 0.261 e. The molecule has 1 aliphatic rings. The molecule has 0 aromatic rings. The first-order valence-corrected chi connectivity index (χ1v) is 9.39. The molecule has 0 spiro atoms. The van der Waals surface area contributed by atoms with E-state index in [9.17, 15) is 8.42 Å². The number of nitrogens with zero attached hydrogens (tertiary/aromatic N) is 1. The van der Waals surface area contributed by atoms with Gasteiger partial charge in [-0.1, -0.05) is 39.5 Å². The molecule has 1 heterocycles. The minimum absolute atomic E-state index is 0.715. The maximum absolute atomic E-state index is 9.19. The van der Waals surface area contributed by atoms with Crippen LogP contribution in [-0.4, -0.2) is 43.3 Å². The molecule has 1 rings (SSSR count). The van der Waals surface area contributed by atoms with Crippen molar-refractivity contribution in [3.8, 4) is 0 Å². The van der Waals surface area contributed by atoms with E-state index < -0.39 is 10.1 Å². The van der Waals surface area contributed by atoms with Gasteiger partial charge in [0.15, 0.2) is 0 Å². The fourth-order valence-electron chi connectivity index (χ4n) is 2.48. The summed E-state index contributed by atoms with van der Waals surface area (Å²) in [5.74, 6) is 0. The molecular formula is C14H31NO3S. The van der Waals surface area contributed by atoms with Crippen LogP contribution in [0.4, 0.5) is 0 Å². The van der Waals surface area contributed by atoms with Gasteiger partial charge in [-0.15, -0.1) is 0 Å². The fourth-order valence-corrected chi connectivity index (χ4v) is 2.48. The van der Waals surface area contributed by atoms with Crippen LogP contribution in [0.5, 0.6) is 0 Å². The van der Waals surface area contributed by atoms with Crippen LogP contribution in [0.3, 0.4) is 0 Å². The number of hydrogen-bond donors (Lipinski definition) is 1. The monoisotopic (exact) mass is 293 g/mol. The Morgan fingerprint density at radius 3 is 2.26 bits per heavy atom. The van der Waals surface area contributed by atoms with Crippen molar-refractivity contribution >= 4 is 10.1 Å². The lowest BCUT2D eigenvalue weighted by Crippen LogP contribution is -2.39. The first kappa shape index (κ1) is 18.9. The molecule has 116 valence electrons. The Morgan fingerprint density at radius 2 is 1.74 bits per heavy atom. The lowest BCUT2D eigenvalue weighted by Gasteiger charge is -2.35. The van der Waals surface area contributed by atoms with E-state index in [0.717, 1.165) is 6.04 Å². The number of unbranched alkanes of at least 4 members (excludes halogenated alkanes) is 2. The van der Waals surface area contributed by atoms with Gasteiger partial charge >= 0.3 is 0 Å². The van der Waals surface area contributed by atoms with Crippen molar-refractivity contribution in [2.45, 2.75) is 71.3 Å². The zero-order valence-electron chi connectivity index (χ0n) is 12.8. The first-order chi connectivity index (χ1) is 8.88. The van der Waals surface area contributed by atoms with E-state index in [0.29, 0.717) is 6.26 Å².